The highest BCUT2D eigenvalue weighted by Gasteiger charge is 2.29. The number of hydrogen-bond donors (Lipinski definition) is 1. The molecule has 0 aromatic carbocycles. The highest BCUT2D eigenvalue weighted by atomic mass is 35.5. The molecule has 1 fully saturated rings. The van der Waals surface area contributed by atoms with Crippen LogP contribution in [0.1, 0.15) is 6.42 Å². The summed E-state index contributed by atoms with van der Waals surface area (Å²) in [5, 5.41) is 0.400. The first-order valence-corrected chi connectivity index (χ1v) is 5.20. The Hall–Kier alpha value is -1.13. The maximum atomic E-state index is 11.7. The number of carbonyl (C=O) groups is 1. The lowest BCUT2D eigenvalue weighted by atomic mass is 10.1. The van der Waals surface area contributed by atoms with Gasteiger partial charge in [0.05, 0.1) is 0 Å². The van der Waals surface area contributed by atoms with E-state index in [2.05, 4.69) is 4.98 Å². The average molecular weight is 226 g/mol. The van der Waals surface area contributed by atoms with Crippen LogP contribution in [0.4, 0.5) is 5.69 Å². The zero-order valence-corrected chi connectivity index (χ0v) is 8.94. The zero-order valence-electron chi connectivity index (χ0n) is 8.19. The third-order valence-corrected chi connectivity index (χ3v) is 2.77. The molecule has 1 aromatic rings. The minimum absolute atomic E-state index is 0.104. The molecular formula is C10H12ClN3O. The van der Waals surface area contributed by atoms with Crippen LogP contribution in [0.3, 0.4) is 0 Å². The minimum Gasteiger partial charge on any atom is -0.330 e. The van der Waals surface area contributed by atoms with Crippen LogP contribution in [-0.4, -0.2) is 24.0 Å². The molecule has 1 atom stereocenters. The van der Waals surface area contributed by atoms with Crippen molar-refractivity contribution in [3.63, 3.8) is 0 Å². The number of aromatic nitrogens is 1. The molecule has 0 saturated carbocycles. The maximum Gasteiger partial charge on any atom is 0.227 e. The van der Waals surface area contributed by atoms with Crippen molar-refractivity contribution < 1.29 is 4.79 Å². The summed E-state index contributed by atoms with van der Waals surface area (Å²) in [6, 6.07) is 3.47. The van der Waals surface area contributed by atoms with Crippen LogP contribution in [0.5, 0.6) is 0 Å². The maximum absolute atomic E-state index is 11.7. The van der Waals surface area contributed by atoms with E-state index in [0.29, 0.717) is 24.7 Å². The van der Waals surface area contributed by atoms with Gasteiger partial charge in [0.25, 0.3) is 0 Å². The van der Waals surface area contributed by atoms with E-state index in [1.165, 1.54) is 0 Å². The van der Waals surface area contributed by atoms with Gasteiger partial charge in [-0.25, -0.2) is 4.98 Å². The first kappa shape index (κ1) is 10.4. The van der Waals surface area contributed by atoms with Crippen molar-refractivity contribution in [3.8, 4) is 0 Å². The van der Waals surface area contributed by atoms with E-state index in [1.807, 2.05) is 0 Å². The Morgan fingerprint density at radius 1 is 1.67 bits per heavy atom. The summed E-state index contributed by atoms with van der Waals surface area (Å²) in [7, 11) is 0. The number of anilines is 1. The summed E-state index contributed by atoms with van der Waals surface area (Å²) >= 11 is 5.77. The van der Waals surface area contributed by atoms with Crippen molar-refractivity contribution in [1.82, 2.24) is 4.98 Å². The van der Waals surface area contributed by atoms with Gasteiger partial charge in [-0.2, -0.15) is 0 Å². The van der Waals surface area contributed by atoms with Crippen molar-refractivity contribution in [1.29, 1.82) is 0 Å². The van der Waals surface area contributed by atoms with Crippen LogP contribution < -0.4 is 10.6 Å². The van der Waals surface area contributed by atoms with Crippen LogP contribution in [0.2, 0.25) is 5.15 Å². The van der Waals surface area contributed by atoms with Gasteiger partial charge in [-0.15, -0.1) is 0 Å². The second kappa shape index (κ2) is 4.16. The molecule has 15 heavy (non-hydrogen) atoms. The number of halogens is 1. The lowest BCUT2D eigenvalue weighted by Crippen LogP contribution is -2.25. The topological polar surface area (TPSA) is 59.2 Å². The van der Waals surface area contributed by atoms with Crippen LogP contribution in [0, 0.1) is 5.92 Å². The summed E-state index contributed by atoms with van der Waals surface area (Å²) in [6.07, 6.45) is 2.12. The third-order valence-electron chi connectivity index (χ3n) is 2.56. The predicted octanol–water partition coefficient (Wildman–Crippen LogP) is 1.05. The number of amides is 1. The van der Waals surface area contributed by atoms with E-state index < -0.39 is 0 Å². The summed E-state index contributed by atoms with van der Waals surface area (Å²) in [5.41, 5.74) is 6.35. The van der Waals surface area contributed by atoms with Gasteiger partial charge >= 0.3 is 0 Å². The van der Waals surface area contributed by atoms with E-state index in [4.69, 9.17) is 17.3 Å². The largest absolute Gasteiger partial charge is 0.330 e. The number of nitrogens with zero attached hydrogens (tertiary/aromatic N) is 2. The molecule has 2 heterocycles. The quantitative estimate of drug-likeness (QED) is 0.766. The van der Waals surface area contributed by atoms with Crippen LogP contribution in [-0.2, 0) is 4.79 Å². The van der Waals surface area contributed by atoms with E-state index in [-0.39, 0.29) is 11.8 Å². The highest BCUT2D eigenvalue weighted by Crippen LogP contribution is 2.25. The molecule has 0 aliphatic carbocycles. The molecule has 2 rings (SSSR count). The fourth-order valence-corrected chi connectivity index (χ4v) is 1.92. The molecule has 1 unspecified atom stereocenters. The lowest BCUT2D eigenvalue weighted by Gasteiger charge is -2.16. The molecule has 1 aromatic heterocycles. The van der Waals surface area contributed by atoms with Gasteiger partial charge < -0.3 is 10.6 Å². The number of nitrogens with two attached hydrogens (primary N) is 1. The van der Waals surface area contributed by atoms with E-state index >= 15 is 0 Å². The predicted molar refractivity (Wildman–Crippen MR) is 58.8 cm³/mol. The Labute approximate surface area is 93.0 Å². The molecule has 2 N–H and O–H groups in total. The smallest absolute Gasteiger partial charge is 0.227 e. The van der Waals surface area contributed by atoms with Gasteiger partial charge in [-0.3, -0.25) is 4.79 Å². The van der Waals surface area contributed by atoms with Gasteiger partial charge in [0.15, 0.2) is 0 Å². The van der Waals surface area contributed by atoms with Crippen molar-refractivity contribution >= 4 is 23.2 Å². The second-order valence-electron chi connectivity index (χ2n) is 3.65. The van der Waals surface area contributed by atoms with Gasteiger partial charge in [-0.1, -0.05) is 11.6 Å². The third kappa shape index (κ3) is 2.11. The number of carbonyl (C=O) groups excluding carboxylic acids is 1. The summed E-state index contributed by atoms with van der Waals surface area (Å²) < 4.78 is 0. The molecule has 1 amide bonds. The SMILES string of the molecule is NCC1CC(=O)N(c2ccnc(Cl)c2)C1. The normalized spacial score (nSPS) is 21.1. The standard InChI is InChI=1S/C10H12ClN3O/c11-9-4-8(1-2-13-9)14-6-7(5-12)3-10(14)15/h1-2,4,7H,3,5-6,12H2. The van der Waals surface area contributed by atoms with Crippen LogP contribution in [0.15, 0.2) is 18.3 Å². The molecule has 1 saturated heterocycles. The Kier molecular flexibility index (Phi) is 2.88. The fraction of sp³-hybridized carbons (Fsp3) is 0.400. The summed E-state index contributed by atoms with van der Waals surface area (Å²) in [6.45, 7) is 1.22. The van der Waals surface area contributed by atoms with Gasteiger partial charge in [0.2, 0.25) is 5.91 Å². The molecule has 1 aliphatic rings. The minimum atomic E-state index is 0.104. The van der Waals surface area contributed by atoms with Crippen molar-refractivity contribution in [3.05, 3.63) is 23.5 Å². The van der Waals surface area contributed by atoms with Crippen LogP contribution >= 0.6 is 11.6 Å². The Morgan fingerprint density at radius 2 is 2.47 bits per heavy atom. The second-order valence-corrected chi connectivity index (χ2v) is 4.03. The van der Waals surface area contributed by atoms with Gasteiger partial charge in [0.1, 0.15) is 5.15 Å². The van der Waals surface area contributed by atoms with Crippen LogP contribution in [0.25, 0.3) is 0 Å². The molecule has 0 spiro atoms. The summed E-state index contributed by atoms with van der Waals surface area (Å²) in [4.78, 5) is 17.3. The molecule has 1 aliphatic heterocycles. The number of hydrogen-bond acceptors (Lipinski definition) is 3. The zero-order chi connectivity index (χ0) is 10.8. The van der Waals surface area contributed by atoms with Crippen molar-refractivity contribution in [2.45, 2.75) is 6.42 Å². The number of rotatable bonds is 2. The molecule has 0 bridgehead atoms. The van der Waals surface area contributed by atoms with E-state index in [9.17, 15) is 4.79 Å². The van der Waals surface area contributed by atoms with Gasteiger partial charge in [-0.05, 0) is 24.6 Å². The van der Waals surface area contributed by atoms with Crippen molar-refractivity contribution in [2.75, 3.05) is 18.0 Å². The monoisotopic (exact) mass is 225 g/mol. The van der Waals surface area contributed by atoms with Crippen molar-refractivity contribution in [2.24, 2.45) is 11.7 Å². The Morgan fingerprint density at radius 3 is 3.07 bits per heavy atom. The Bertz CT molecular complexity index is 383. The lowest BCUT2D eigenvalue weighted by molar-refractivity contribution is -0.117. The van der Waals surface area contributed by atoms with Gasteiger partial charge in [0, 0.05) is 24.8 Å². The molecule has 0 radical (unpaired) electrons. The molecule has 80 valence electrons. The Balaban J connectivity index is 2.21. The molecule has 5 heteroatoms. The average Bonchev–Trinajstić information content (AvgIpc) is 2.60. The first-order valence-electron chi connectivity index (χ1n) is 4.82. The van der Waals surface area contributed by atoms with E-state index in [1.54, 1.807) is 23.2 Å². The number of pyridine rings is 1. The first-order chi connectivity index (χ1) is 7.20. The highest BCUT2D eigenvalue weighted by molar-refractivity contribution is 6.29. The molecule has 4 nitrogen and oxygen atoms in total. The molecular weight excluding hydrogens is 214 g/mol. The summed E-state index contributed by atoms with van der Waals surface area (Å²) in [5.74, 6) is 0.358. The fourth-order valence-electron chi connectivity index (χ4n) is 1.75. The van der Waals surface area contributed by atoms with E-state index in [0.717, 1.165) is 5.69 Å².